The molecule has 0 radical (unpaired) electrons. The lowest BCUT2D eigenvalue weighted by Crippen LogP contribution is -2.46. The maximum Gasteiger partial charge on any atom is 0.256 e. The third kappa shape index (κ3) is 2.15. The van der Waals surface area contributed by atoms with Gasteiger partial charge in [0.2, 0.25) is 0 Å². The molecule has 19 heavy (non-hydrogen) atoms. The maximum absolute atomic E-state index is 12.6. The van der Waals surface area contributed by atoms with E-state index in [1.807, 2.05) is 42.2 Å². The molecule has 1 saturated carbocycles. The van der Waals surface area contributed by atoms with Crippen LogP contribution in [0.4, 0.5) is 0 Å². The molecule has 1 heterocycles. The second kappa shape index (κ2) is 4.62. The van der Waals surface area contributed by atoms with Gasteiger partial charge in [-0.3, -0.25) is 4.79 Å². The SMILES string of the molecule is C[C@@H]1CN(C(=O)c2ccccc2)C2(CC[C@@H](O)C2)O1. The Kier molecular flexibility index (Phi) is 3.07. The molecule has 4 heteroatoms. The number of benzene rings is 1. The van der Waals surface area contributed by atoms with Crippen LogP contribution in [0.1, 0.15) is 36.5 Å². The first kappa shape index (κ1) is 12.6. The van der Waals surface area contributed by atoms with Crippen LogP contribution in [-0.4, -0.2) is 40.4 Å². The minimum absolute atomic E-state index is 0.000880. The fourth-order valence-electron chi connectivity index (χ4n) is 3.22. The largest absolute Gasteiger partial charge is 0.393 e. The number of amides is 1. The predicted octanol–water partition coefficient (Wildman–Crippen LogP) is 1.79. The topological polar surface area (TPSA) is 49.8 Å². The molecule has 0 aromatic heterocycles. The molecule has 2 aliphatic rings. The van der Waals surface area contributed by atoms with Gasteiger partial charge in [0, 0.05) is 18.5 Å². The fraction of sp³-hybridized carbons (Fsp3) is 0.533. The summed E-state index contributed by atoms with van der Waals surface area (Å²) in [6.45, 7) is 2.57. The van der Waals surface area contributed by atoms with Crippen molar-refractivity contribution in [3.8, 4) is 0 Å². The van der Waals surface area contributed by atoms with Crippen molar-refractivity contribution in [2.75, 3.05) is 6.54 Å². The highest BCUT2D eigenvalue weighted by molar-refractivity contribution is 5.94. The van der Waals surface area contributed by atoms with E-state index in [9.17, 15) is 9.90 Å². The molecule has 1 aromatic carbocycles. The number of aliphatic hydroxyl groups is 1. The van der Waals surface area contributed by atoms with Gasteiger partial charge in [-0.05, 0) is 31.9 Å². The van der Waals surface area contributed by atoms with Gasteiger partial charge in [0.1, 0.15) is 5.72 Å². The van der Waals surface area contributed by atoms with Crippen molar-refractivity contribution in [1.29, 1.82) is 0 Å². The van der Waals surface area contributed by atoms with E-state index < -0.39 is 5.72 Å². The van der Waals surface area contributed by atoms with Gasteiger partial charge in [-0.2, -0.15) is 0 Å². The van der Waals surface area contributed by atoms with Crippen LogP contribution < -0.4 is 0 Å². The van der Waals surface area contributed by atoms with Gasteiger partial charge in [-0.25, -0.2) is 0 Å². The minimum atomic E-state index is -0.592. The molecule has 102 valence electrons. The number of carbonyl (C=O) groups excluding carboxylic acids is 1. The first-order valence-corrected chi connectivity index (χ1v) is 6.84. The van der Waals surface area contributed by atoms with E-state index in [0.29, 0.717) is 24.9 Å². The maximum atomic E-state index is 12.6. The Hall–Kier alpha value is -1.39. The zero-order valence-electron chi connectivity index (χ0n) is 11.1. The molecule has 1 saturated heterocycles. The number of aliphatic hydroxyl groups excluding tert-OH is 1. The van der Waals surface area contributed by atoms with E-state index in [-0.39, 0.29) is 18.1 Å². The number of rotatable bonds is 1. The number of hydrogen-bond donors (Lipinski definition) is 1. The Bertz CT molecular complexity index is 472. The van der Waals surface area contributed by atoms with Crippen LogP contribution in [0.15, 0.2) is 30.3 Å². The average molecular weight is 261 g/mol. The normalized spacial score (nSPS) is 34.1. The second-order valence-corrected chi connectivity index (χ2v) is 5.55. The van der Waals surface area contributed by atoms with Crippen molar-refractivity contribution >= 4 is 5.91 Å². The number of hydrogen-bond acceptors (Lipinski definition) is 3. The van der Waals surface area contributed by atoms with Crippen LogP contribution >= 0.6 is 0 Å². The van der Waals surface area contributed by atoms with E-state index in [1.54, 1.807) is 0 Å². The molecule has 1 N–H and O–H groups in total. The summed E-state index contributed by atoms with van der Waals surface area (Å²) in [6.07, 6.45) is 1.60. The Morgan fingerprint density at radius 2 is 2.16 bits per heavy atom. The molecule has 4 nitrogen and oxygen atoms in total. The van der Waals surface area contributed by atoms with Crippen molar-refractivity contribution in [2.45, 2.75) is 44.1 Å². The summed E-state index contributed by atoms with van der Waals surface area (Å²) in [4.78, 5) is 14.4. The van der Waals surface area contributed by atoms with Crippen LogP contribution in [-0.2, 0) is 4.74 Å². The highest BCUT2D eigenvalue weighted by atomic mass is 16.5. The van der Waals surface area contributed by atoms with Crippen molar-refractivity contribution in [3.05, 3.63) is 35.9 Å². The number of ether oxygens (including phenoxy) is 1. The minimum Gasteiger partial charge on any atom is -0.393 e. The van der Waals surface area contributed by atoms with Gasteiger partial charge in [-0.1, -0.05) is 18.2 Å². The predicted molar refractivity (Wildman–Crippen MR) is 70.6 cm³/mol. The van der Waals surface area contributed by atoms with Crippen molar-refractivity contribution in [2.24, 2.45) is 0 Å². The molecule has 1 amide bonds. The van der Waals surface area contributed by atoms with Crippen LogP contribution in [0, 0.1) is 0 Å². The highest BCUT2D eigenvalue weighted by Gasteiger charge is 2.52. The summed E-state index contributed by atoms with van der Waals surface area (Å²) in [7, 11) is 0. The molecule has 1 unspecified atom stereocenters. The average Bonchev–Trinajstić information content (AvgIpc) is 2.93. The summed E-state index contributed by atoms with van der Waals surface area (Å²) in [6, 6.07) is 9.28. The van der Waals surface area contributed by atoms with Gasteiger partial charge in [0.25, 0.3) is 5.91 Å². The van der Waals surface area contributed by atoms with Gasteiger partial charge in [0.05, 0.1) is 12.2 Å². The fourth-order valence-corrected chi connectivity index (χ4v) is 3.22. The lowest BCUT2D eigenvalue weighted by Gasteiger charge is -2.33. The number of nitrogens with zero attached hydrogens (tertiary/aromatic N) is 1. The van der Waals surface area contributed by atoms with Crippen molar-refractivity contribution in [1.82, 2.24) is 4.90 Å². The number of carbonyl (C=O) groups is 1. The zero-order valence-corrected chi connectivity index (χ0v) is 11.1. The molecule has 1 aromatic rings. The molecule has 2 fully saturated rings. The Labute approximate surface area is 113 Å². The van der Waals surface area contributed by atoms with Crippen LogP contribution in [0.2, 0.25) is 0 Å². The summed E-state index contributed by atoms with van der Waals surface area (Å²) >= 11 is 0. The highest BCUT2D eigenvalue weighted by Crippen LogP contribution is 2.42. The van der Waals surface area contributed by atoms with E-state index in [1.165, 1.54) is 0 Å². The van der Waals surface area contributed by atoms with Gasteiger partial charge in [-0.15, -0.1) is 0 Å². The van der Waals surface area contributed by atoms with E-state index in [0.717, 1.165) is 6.42 Å². The Morgan fingerprint density at radius 3 is 2.79 bits per heavy atom. The Balaban J connectivity index is 1.88. The van der Waals surface area contributed by atoms with E-state index in [2.05, 4.69) is 0 Å². The van der Waals surface area contributed by atoms with Crippen molar-refractivity contribution < 1.29 is 14.6 Å². The molecular weight excluding hydrogens is 242 g/mol. The summed E-state index contributed by atoms with van der Waals surface area (Å²) in [5.74, 6) is -0.000880. The van der Waals surface area contributed by atoms with Crippen LogP contribution in [0.3, 0.4) is 0 Å². The third-order valence-electron chi connectivity index (χ3n) is 4.04. The molecule has 1 aliphatic heterocycles. The van der Waals surface area contributed by atoms with Crippen LogP contribution in [0.5, 0.6) is 0 Å². The molecule has 0 bridgehead atoms. The lowest BCUT2D eigenvalue weighted by atomic mass is 10.1. The molecule has 3 rings (SSSR count). The standard InChI is InChI=1S/C15H19NO3/c1-11-10-16(14(18)12-5-3-2-4-6-12)15(19-11)8-7-13(17)9-15/h2-6,11,13,17H,7-10H2,1H3/t11-,13-,15?/m1/s1. The smallest absolute Gasteiger partial charge is 0.256 e. The van der Waals surface area contributed by atoms with Gasteiger partial charge >= 0.3 is 0 Å². The van der Waals surface area contributed by atoms with Gasteiger partial charge in [0.15, 0.2) is 0 Å². The second-order valence-electron chi connectivity index (χ2n) is 5.55. The molecule has 1 aliphatic carbocycles. The lowest BCUT2D eigenvalue weighted by molar-refractivity contribution is -0.0883. The van der Waals surface area contributed by atoms with Crippen molar-refractivity contribution in [3.63, 3.8) is 0 Å². The van der Waals surface area contributed by atoms with E-state index in [4.69, 9.17) is 4.74 Å². The van der Waals surface area contributed by atoms with E-state index >= 15 is 0 Å². The molecular formula is C15H19NO3. The molecule has 1 spiro atoms. The molecule has 3 atom stereocenters. The summed E-state index contributed by atoms with van der Waals surface area (Å²) in [5.41, 5.74) is 0.0899. The van der Waals surface area contributed by atoms with Gasteiger partial charge < -0.3 is 14.7 Å². The summed E-state index contributed by atoms with van der Waals surface area (Å²) in [5, 5.41) is 9.79. The quantitative estimate of drug-likeness (QED) is 0.838. The zero-order chi connectivity index (χ0) is 13.5. The van der Waals surface area contributed by atoms with Crippen LogP contribution in [0.25, 0.3) is 0 Å². The summed E-state index contributed by atoms with van der Waals surface area (Å²) < 4.78 is 5.98. The Morgan fingerprint density at radius 1 is 1.42 bits per heavy atom. The monoisotopic (exact) mass is 261 g/mol. The third-order valence-corrected chi connectivity index (χ3v) is 4.04. The first-order valence-electron chi connectivity index (χ1n) is 6.84. The first-order chi connectivity index (χ1) is 9.11.